The Bertz CT molecular complexity index is 355. The van der Waals surface area contributed by atoms with Crippen molar-refractivity contribution in [1.82, 2.24) is 9.78 Å². The Kier molecular flexibility index (Phi) is 1.62. The maximum Gasteiger partial charge on any atom is 0.0917 e. The zero-order valence-electron chi connectivity index (χ0n) is 6.69. The molecule has 0 saturated carbocycles. The van der Waals surface area contributed by atoms with Gasteiger partial charge in [0.15, 0.2) is 0 Å². The molecule has 3 nitrogen and oxygen atoms in total. The summed E-state index contributed by atoms with van der Waals surface area (Å²) in [5.41, 5.74) is 8.62. The van der Waals surface area contributed by atoms with E-state index in [1.165, 1.54) is 0 Å². The van der Waals surface area contributed by atoms with Gasteiger partial charge in [0.1, 0.15) is 0 Å². The van der Waals surface area contributed by atoms with Crippen LogP contribution in [0.3, 0.4) is 0 Å². The first-order valence-corrected chi connectivity index (χ1v) is 4.53. The highest BCUT2D eigenvalue weighted by atomic mass is 32.1. The standard InChI is InChI=1S/C8H9N3S/c1-11-8(7(9)4-10-11)6-2-3-12-5-6/h2-5H,9H2,1H3. The fraction of sp³-hybridized carbons (Fsp3) is 0.125. The number of anilines is 1. The van der Waals surface area contributed by atoms with Gasteiger partial charge in [-0.2, -0.15) is 16.4 Å². The predicted octanol–water partition coefficient (Wildman–Crippen LogP) is 1.73. The second-order valence-corrected chi connectivity index (χ2v) is 3.36. The van der Waals surface area contributed by atoms with Crippen LogP contribution < -0.4 is 5.73 Å². The molecule has 12 heavy (non-hydrogen) atoms. The highest BCUT2D eigenvalue weighted by Crippen LogP contribution is 2.26. The van der Waals surface area contributed by atoms with Crippen molar-refractivity contribution in [2.24, 2.45) is 7.05 Å². The Hall–Kier alpha value is -1.29. The molecule has 0 unspecified atom stereocenters. The molecule has 0 aliphatic rings. The van der Waals surface area contributed by atoms with Crippen LogP contribution in [0.2, 0.25) is 0 Å². The van der Waals surface area contributed by atoms with Crippen molar-refractivity contribution in [2.45, 2.75) is 0 Å². The molecule has 0 fully saturated rings. The third-order valence-electron chi connectivity index (χ3n) is 1.76. The third kappa shape index (κ3) is 1.00. The van der Waals surface area contributed by atoms with Crippen molar-refractivity contribution < 1.29 is 0 Å². The van der Waals surface area contributed by atoms with E-state index in [1.807, 2.05) is 18.5 Å². The van der Waals surface area contributed by atoms with Crippen molar-refractivity contribution in [2.75, 3.05) is 5.73 Å². The van der Waals surface area contributed by atoms with Gasteiger partial charge >= 0.3 is 0 Å². The number of hydrogen-bond acceptors (Lipinski definition) is 3. The molecule has 62 valence electrons. The van der Waals surface area contributed by atoms with E-state index in [0.717, 1.165) is 16.9 Å². The van der Waals surface area contributed by atoms with Crippen LogP contribution in [-0.2, 0) is 7.05 Å². The molecule has 0 aromatic carbocycles. The summed E-state index contributed by atoms with van der Waals surface area (Å²) < 4.78 is 1.79. The van der Waals surface area contributed by atoms with Crippen molar-refractivity contribution in [3.05, 3.63) is 23.0 Å². The number of nitrogen functional groups attached to an aromatic ring is 1. The van der Waals surface area contributed by atoms with Crippen LogP contribution in [-0.4, -0.2) is 9.78 Å². The molecule has 0 radical (unpaired) electrons. The summed E-state index contributed by atoms with van der Waals surface area (Å²) in [6.45, 7) is 0. The van der Waals surface area contributed by atoms with Gasteiger partial charge in [-0.05, 0) is 11.4 Å². The molecule has 0 aliphatic carbocycles. The smallest absolute Gasteiger partial charge is 0.0917 e. The quantitative estimate of drug-likeness (QED) is 0.724. The first-order chi connectivity index (χ1) is 5.79. The molecule has 0 spiro atoms. The van der Waals surface area contributed by atoms with Crippen LogP contribution in [0.4, 0.5) is 5.69 Å². The average Bonchev–Trinajstić information content (AvgIpc) is 2.61. The molecule has 2 N–H and O–H groups in total. The molecule has 2 heterocycles. The van der Waals surface area contributed by atoms with Crippen LogP contribution in [0.15, 0.2) is 23.0 Å². The minimum absolute atomic E-state index is 0.732. The molecule has 0 atom stereocenters. The van der Waals surface area contributed by atoms with Gasteiger partial charge < -0.3 is 5.73 Å². The summed E-state index contributed by atoms with van der Waals surface area (Å²) in [6.07, 6.45) is 1.67. The summed E-state index contributed by atoms with van der Waals surface area (Å²) >= 11 is 1.66. The van der Waals surface area contributed by atoms with E-state index < -0.39 is 0 Å². The van der Waals surface area contributed by atoms with Crippen molar-refractivity contribution in [3.8, 4) is 11.3 Å². The first-order valence-electron chi connectivity index (χ1n) is 3.59. The minimum Gasteiger partial charge on any atom is -0.396 e. The number of aromatic nitrogens is 2. The lowest BCUT2D eigenvalue weighted by molar-refractivity contribution is 0.776. The van der Waals surface area contributed by atoms with Crippen LogP contribution in [0.1, 0.15) is 0 Å². The Labute approximate surface area is 74.4 Å². The van der Waals surface area contributed by atoms with Gasteiger partial charge in [-0.25, -0.2) is 0 Å². The molecule has 2 rings (SSSR count). The summed E-state index contributed by atoms with van der Waals surface area (Å²) in [5, 5.41) is 8.16. The maximum absolute atomic E-state index is 5.75. The van der Waals surface area contributed by atoms with E-state index in [0.29, 0.717) is 0 Å². The topological polar surface area (TPSA) is 43.8 Å². The van der Waals surface area contributed by atoms with Gasteiger partial charge in [0.05, 0.1) is 17.6 Å². The Morgan fingerprint density at radius 3 is 2.92 bits per heavy atom. The number of thiophene rings is 1. The number of rotatable bonds is 1. The molecule has 0 saturated heterocycles. The highest BCUT2D eigenvalue weighted by molar-refractivity contribution is 7.08. The van der Waals surface area contributed by atoms with E-state index in [2.05, 4.69) is 10.5 Å². The number of nitrogens with two attached hydrogens (primary N) is 1. The zero-order valence-corrected chi connectivity index (χ0v) is 7.51. The van der Waals surface area contributed by atoms with Crippen LogP contribution in [0, 0.1) is 0 Å². The third-order valence-corrected chi connectivity index (χ3v) is 2.44. The summed E-state index contributed by atoms with van der Waals surface area (Å²) in [4.78, 5) is 0. The molecule has 4 heteroatoms. The van der Waals surface area contributed by atoms with Gasteiger partial charge in [0.25, 0.3) is 0 Å². The van der Waals surface area contributed by atoms with Crippen LogP contribution in [0.25, 0.3) is 11.3 Å². The van der Waals surface area contributed by atoms with Gasteiger partial charge in [0, 0.05) is 18.0 Å². The number of aryl methyl sites for hydroxylation is 1. The van der Waals surface area contributed by atoms with E-state index >= 15 is 0 Å². The average molecular weight is 179 g/mol. The molecular formula is C8H9N3S. The molecule has 2 aromatic heterocycles. The molecule has 0 bridgehead atoms. The van der Waals surface area contributed by atoms with E-state index in [-0.39, 0.29) is 0 Å². The number of hydrogen-bond donors (Lipinski definition) is 1. The molecule has 2 aromatic rings. The Morgan fingerprint density at radius 2 is 2.42 bits per heavy atom. The van der Waals surface area contributed by atoms with Crippen molar-refractivity contribution >= 4 is 17.0 Å². The van der Waals surface area contributed by atoms with Gasteiger partial charge in [-0.1, -0.05) is 0 Å². The lowest BCUT2D eigenvalue weighted by Gasteiger charge is -1.98. The second kappa shape index (κ2) is 2.64. The monoisotopic (exact) mass is 179 g/mol. The fourth-order valence-electron chi connectivity index (χ4n) is 1.21. The van der Waals surface area contributed by atoms with E-state index in [4.69, 9.17) is 5.73 Å². The summed E-state index contributed by atoms with van der Waals surface area (Å²) in [7, 11) is 1.89. The van der Waals surface area contributed by atoms with Crippen molar-refractivity contribution in [1.29, 1.82) is 0 Å². The largest absolute Gasteiger partial charge is 0.396 e. The second-order valence-electron chi connectivity index (χ2n) is 2.58. The van der Waals surface area contributed by atoms with Gasteiger partial charge in [-0.15, -0.1) is 0 Å². The summed E-state index contributed by atoms with van der Waals surface area (Å²) in [5.74, 6) is 0. The normalized spacial score (nSPS) is 10.4. The minimum atomic E-state index is 0.732. The van der Waals surface area contributed by atoms with Gasteiger partial charge in [-0.3, -0.25) is 4.68 Å². The highest BCUT2D eigenvalue weighted by Gasteiger charge is 2.07. The molecular weight excluding hydrogens is 170 g/mol. The fourth-order valence-corrected chi connectivity index (χ4v) is 1.85. The predicted molar refractivity (Wildman–Crippen MR) is 50.9 cm³/mol. The maximum atomic E-state index is 5.75. The lowest BCUT2D eigenvalue weighted by atomic mass is 10.2. The molecule has 0 aliphatic heterocycles. The summed E-state index contributed by atoms with van der Waals surface area (Å²) in [6, 6.07) is 2.04. The molecule has 0 amide bonds. The Morgan fingerprint density at radius 1 is 1.58 bits per heavy atom. The van der Waals surface area contributed by atoms with Gasteiger partial charge in [0.2, 0.25) is 0 Å². The Balaban J connectivity index is 2.60. The van der Waals surface area contributed by atoms with Crippen LogP contribution >= 0.6 is 11.3 Å². The first kappa shape index (κ1) is 7.36. The zero-order chi connectivity index (χ0) is 8.55. The number of nitrogens with zero attached hydrogens (tertiary/aromatic N) is 2. The van der Waals surface area contributed by atoms with Crippen molar-refractivity contribution in [3.63, 3.8) is 0 Å². The van der Waals surface area contributed by atoms with E-state index in [9.17, 15) is 0 Å². The van der Waals surface area contributed by atoms with E-state index in [1.54, 1.807) is 22.2 Å². The SMILES string of the molecule is Cn1ncc(N)c1-c1ccsc1. The van der Waals surface area contributed by atoms with Crippen LogP contribution in [0.5, 0.6) is 0 Å². The lowest BCUT2D eigenvalue weighted by Crippen LogP contribution is -1.94.